The molecule has 1 aromatic carbocycles. The number of nitriles is 1. The number of nitrogens with zero attached hydrogens (tertiary/aromatic N) is 1. The van der Waals surface area contributed by atoms with Crippen molar-refractivity contribution in [1.82, 2.24) is 0 Å². The average Bonchev–Trinajstić information content (AvgIpc) is 2.80. The Balaban J connectivity index is 1.36. The summed E-state index contributed by atoms with van der Waals surface area (Å²) in [5.74, 6) is 0.461. The normalized spacial score (nSPS) is 27.3. The lowest BCUT2D eigenvalue weighted by molar-refractivity contribution is -0.157. The summed E-state index contributed by atoms with van der Waals surface area (Å²) in [7, 11) is 0. The third-order valence-corrected chi connectivity index (χ3v) is 7.00. The number of esters is 1. The minimum atomic E-state index is -0.690. The molecule has 0 atom stereocenters. The predicted molar refractivity (Wildman–Crippen MR) is 116 cm³/mol. The van der Waals surface area contributed by atoms with Crippen molar-refractivity contribution in [3.05, 3.63) is 47.3 Å². The van der Waals surface area contributed by atoms with E-state index in [1.165, 1.54) is 23.3 Å². The maximum Gasteiger partial charge on any atom is 0.309 e. The lowest BCUT2D eigenvalue weighted by Crippen LogP contribution is -2.29. The summed E-state index contributed by atoms with van der Waals surface area (Å²) in [6, 6.07) is 10.5. The second-order valence-corrected chi connectivity index (χ2v) is 8.96. The van der Waals surface area contributed by atoms with Gasteiger partial charge in [0.25, 0.3) is 0 Å². The highest BCUT2D eigenvalue weighted by molar-refractivity contribution is 5.72. The molecule has 0 N–H and O–H groups in total. The number of rotatable bonds is 7. The van der Waals surface area contributed by atoms with Crippen molar-refractivity contribution in [1.29, 1.82) is 5.26 Å². The highest BCUT2D eigenvalue weighted by Crippen LogP contribution is 2.37. The van der Waals surface area contributed by atoms with Crippen LogP contribution < -0.4 is 0 Å². The monoisotopic (exact) mass is 411 g/mol. The Bertz CT molecular complexity index is 748. The number of carbonyl (C=O) groups is 1. The van der Waals surface area contributed by atoms with Crippen LogP contribution in [-0.2, 0) is 16.0 Å². The smallest absolute Gasteiger partial charge is 0.309 e. The van der Waals surface area contributed by atoms with E-state index in [9.17, 15) is 9.18 Å². The zero-order chi connectivity index (χ0) is 21.3. The second-order valence-electron chi connectivity index (χ2n) is 8.96. The quantitative estimate of drug-likeness (QED) is 0.367. The molecule has 0 aliphatic heterocycles. The Hall–Kier alpha value is -2.15. The first kappa shape index (κ1) is 22.5. The van der Waals surface area contributed by atoms with Crippen LogP contribution in [0.4, 0.5) is 4.39 Å². The third-order valence-electron chi connectivity index (χ3n) is 7.00. The Morgan fingerprint density at radius 1 is 1.10 bits per heavy atom. The van der Waals surface area contributed by atoms with Gasteiger partial charge in [-0.15, -0.1) is 0 Å². The molecule has 0 bridgehead atoms. The molecule has 3 rings (SSSR count). The minimum Gasteiger partial charge on any atom is -0.462 e. The summed E-state index contributed by atoms with van der Waals surface area (Å²) in [6.07, 6.45) is 11.8. The van der Waals surface area contributed by atoms with Crippen LogP contribution in [-0.4, -0.2) is 12.1 Å². The number of ether oxygens (including phenoxy) is 1. The van der Waals surface area contributed by atoms with Gasteiger partial charge in [-0.3, -0.25) is 4.79 Å². The standard InChI is InChI=1S/C26H34FNO2/c1-2-19-6-10-21(11-7-19)22-12-14-23(15-13-22)26(29)30-25-16-8-20(9-17-25)4-3-5-24(27)18-28/h5-7,10-11,20,22-23,25H,2-4,8-9,12-17H2,1H3/t20-,22-,23-,25-. The highest BCUT2D eigenvalue weighted by Gasteiger charge is 2.31. The zero-order valence-electron chi connectivity index (χ0n) is 18.1. The van der Waals surface area contributed by atoms with Crippen molar-refractivity contribution < 1.29 is 13.9 Å². The Kier molecular flexibility index (Phi) is 8.49. The molecule has 0 amide bonds. The van der Waals surface area contributed by atoms with Crippen molar-refractivity contribution >= 4 is 5.97 Å². The zero-order valence-corrected chi connectivity index (χ0v) is 18.1. The number of hydrogen-bond donors (Lipinski definition) is 0. The SMILES string of the molecule is CCc1ccc([C@H]2CC[C@H](C(=O)O[C@H]3CC[C@H](CCC=C(F)C#N)CC3)CC2)cc1. The van der Waals surface area contributed by atoms with Gasteiger partial charge in [0.05, 0.1) is 5.92 Å². The molecular formula is C26H34FNO2. The molecule has 0 saturated heterocycles. The molecule has 0 spiro atoms. The first-order valence-electron chi connectivity index (χ1n) is 11.6. The van der Waals surface area contributed by atoms with Crippen LogP contribution in [0.15, 0.2) is 36.2 Å². The van der Waals surface area contributed by atoms with Gasteiger partial charge in [-0.05, 0) is 99.7 Å². The van der Waals surface area contributed by atoms with E-state index in [2.05, 4.69) is 31.2 Å². The summed E-state index contributed by atoms with van der Waals surface area (Å²) >= 11 is 0. The van der Waals surface area contributed by atoms with Crippen LogP contribution in [0.2, 0.25) is 0 Å². The van der Waals surface area contributed by atoms with Gasteiger partial charge < -0.3 is 4.74 Å². The van der Waals surface area contributed by atoms with Crippen molar-refractivity contribution in [3.8, 4) is 6.07 Å². The van der Waals surface area contributed by atoms with Crippen LogP contribution >= 0.6 is 0 Å². The largest absolute Gasteiger partial charge is 0.462 e. The molecule has 2 fully saturated rings. The fourth-order valence-electron chi connectivity index (χ4n) is 4.98. The summed E-state index contributed by atoms with van der Waals surface area (Å²) in [6.45, 7) is 2.17. The molecule has 1 aromatic rings. The molecule has 0 heterocycles. The number of hydrogen-bond acceptors (Lipinski definition) is 3. The van der Waals surface area contributed by atoms with Gasteiger partial charge in [0, 0.05) is 0 Å². The van der Waals surface area contributed by atoms with Crippen molar-refractivity contribution in [2.75, 3.05) is 0 Å². The predicted octanol–water partition coefficient (Wildman–Crippen LogP) is 6.78. The number of aryl methyl sites for hydroxylation is 1. The molecule has 2 aliphatic carbocycles. The van der Waals surface area contributed by atoms with Crippen LogP contribution in [0.5, 0.6) is 0 Å². The second kappa shape index (κ2) is 11.3. The van der Waals surface area contributed by atoms with Gasteiger partial charge in [0.1, 0.15) is 12.2 Å². The van der Waals surface area contributed by atoms with E-state index in [1.54, 1.807) is 0 Å². The fraction of sp³-hybridized carbons (Fsp3) is 0.615. The molecule has 30 heavy (non-hydrogen) atoms. The topological polar surface area (TPSA) is 50.1 Å². The van der Waals surface area contributed by atoms with Gasteiger partial charge in [0.2, 0.25) is 0 Å². The van der Waals surface area contributed by atoms with Gasteiger partial charge in [-0.1, -0.05) is 31.2 Å². The molecule has 162 valence electrons. The van der Waals surface area contributed by atoms with E-state index in [0.29, 0.717) is 18.3 Å². The van der Waals surface area contributed by atoms with Crippen molar-refractivity contribution in [3.63, 3.8) is 0 Å². The first-order chi connectivity index (χ1) is 14.6. The van der Waals surface area contributed by atoms with Gasteiger partial charge in [0.15, 0.2) is 5.83 Å². The van der Waals surface area contributed by atoms with E-state index in [1.807, 2.05) is 0 Å². The van der Waals surface area contributed by atoms with Gasteiger partial charge in [-0.2, -0.15) is 9.65 Å². The summed E-state index contributed by atoms with van der Waals surface area (Å²) in [4.78, 5) is 12.7. The number of allylic oxidation sites excluding steroid dienone is 2. The van der Waals surface area contributed by atoms with E-state index in [4.69, 9.17) is 10.00 Å². The van der Waals surface area contributed by atoms with E-state index in [0.717, 1.165) is 64.2 Å². The Morgan fingerprint density at radius 3 is 2.37 bits per heavy atom. The summed E-state index contributed by atoms with van der Waals surface area (Å²) in [5, 5.41) is 8.45. The summed E-state index contributed by atoms with van der Waals surface area (Å²) < 4.78 is 18.7. The molecule has 2 saturated carbocycles. The molecule has 0 unspecified atom stereocenters. The molecule has 3 nitrogen and oxygen atoms in total. The number of carbonyl (C=O) groups excluding carboxylic acids is 1. The molecular weight excluding hydrogens is 377 g/mol. The molecule has 0 radical (unpaired) electrons. The maximum atomic E-state index is 12.9. The van der Waals surface area contributed by atoms with Gasteiger partial charge >= 0.3 is 5.97 Å². The lowest BCUT2D eigenvalue weighted by Gasteiger charge is -2.31. The van der Waals surface area contributed by atoms with Crippen LogP contribution in [0, 0.1) is 23.2 Å². The van der Waals surface area contributed by atoms with Crippen LogP contribution in [0.25, 0.3) is 0 Å². The van der Waals surface area contributed by atoms with Crippen molar-refractivity contribution in [2.45, 2.75) is 89.6 Å². The van der Waals surface area contributed by atoms with E-state index >= 15 is 0 Å². The number of halogens is 1. The van der Waals surface area contributed by atoms with E-state index < -0.39 is 5.83 Å². The third kappa shape index (κ3) is 6.42. The van der Waals surface area contributed by atoms with Crippen molar-refractivity contribution in [2.24, 2.45) is 11.8 Å². The van der Waals surface area contributed by atoms with E-state index in [-0.39, 0.29) is 18.0 Å². The Morgan fingerprint density at radius 2 is 1.77 bits per heavy atom. The summed E-state index contributed by atoms with van der Waals surface area (Å²) in [5.41, 5.74) is 2.78. The average molecular weight is 412 g/mol. The fourth-order valence-corrected chi connectivity index (χ4v) is 4.98. The highest BCUT2D eigenvalue weighted by atomic mass is 19.1. The molecule has 2 aliphatic rings. The molecule has 0 aromatic heterocycles. The van der Waals surface area contributed by atoms with Crippen LogP contribution in [0.1, 0.15) is 88.2 Å². The minimum absolute atomic E-state index is 0.00254. The maximum absolute atomic E-state index is 12.9. The number of benzene rings is 1. The Labute approximate surface area is 180 Å². The van der Waals surface area contributed by atoms with Gasteiger partial charge in [-0.25, -0.2) is 0 Å². The molecule has 4 heteroatoms. The first-order valence-corrected chi connectivity index (χ1v) is 11.6. The lowest BCUT2D eigenvalue weighted by atomic mass is 9.78. The van der Waals surface area contributed by atoms with Crippen LogP contribution in [0.3, 0.4) is 0 Å².